The number of carbonyl (C=O) groups excluding carboxylic acids is 1. The molecule has 0 N–H and O–H groups in total. The first kappa shape index (κ1) is 6.65. The predicted octanol–water partition coefficient (Wildman–Crippen LogP) is 1.93. The van der Waals surface area contributed by atoms with Gasteiger partial charge in [0, 0.05) is 0 Å². The largest absolute Gasteiger partial charge is 0.422 e. The normalized spacial score (nSPS) is 21.3. The van der Waals surface area contributed by atoms with E-state index in [2.05, 4.69) is 0 Å². The summed E-state index contributed by atoms with van der Waals surface area (Å²) in [6.45, 7) is 3.89. The van der Waals surface area contributed by atoms with Crippen LogP contribution in [0, 0.1) is 0 Å². The van der Waals surface area contributed by atoms with E-state index in [0.29, 0.717) is 0 Å². The van der Waals surface area contributed by atoms with Crippen LogP contribution in [0.3, 0.4) is 0 Å². The van der Waals surface area contributed by atoms with Crippen molar-refractivity contribution in [3.8, 4) is 0 Å². The smallest absolute Gasteiger partial charge is 0.347 e. The van der Waals surface area contributed by atoms with Crippen molar-refractivity contribution < 1.29 is 9.53 Å². The maximum atomic E-state index is 10.9. The third-order valence-electron chi connectivity index (χ3n) is 1.95. The van der Waals surface area contributed by atoms with Gasteiger partial charge in [-0.15, -0.1) is 0 Å². The van der Waals surface area contributed by atoms with Gasteiger partial charge in [0.15, 0.2) is 0 Å². The zero-order valence-electron chi connectivity index (χ0n) is 6.73. The summed E-state index contributed by atoms with van der Waals surface area (Å²) in [4.78, 5) is 10.9. The zero-order valence-corrected chi connectivity index (χ0v) is 6.73. The van der Waals surface area contributed by atoms with E-state index in [4.69, 9.17) is 4.74 Å². The third kappa shape index (κ3) is 0.897. The summed E-state index contributed by atoms with van der Waals surface area (Å²) >= 11 is 0. The maximum Gasteiger partial charge on any atom is 0.347 e. The lowest BCUT2D eigenvalue weighted by Crippen LogP contribution is -2.23. The Balaban J connectivity index is 2.38. The van der Waals surface area contributed by atoms with Gasteiger partial charge in [0.25, 0.3) is 0 Å². The topological polar surface area (TPSA) is 26.3 Å². The standard InChI is InChI=1S/C9H10O2/c1-5(2)7-8(6-3-4-6)11-9(7)10/h3-4H2,1-2H3. The van der Waals surface area contributed by atoms with E-state index in [9.17, 15) is 4.79 Å². The summed E-state index contributed by atoms with van der Waals surface area (Å²) in [6, 6.07) is 0. The highest BCUT2D eigenvalue weighted by Gasteiger charge is 2.36. The van der Waals surface area contributed by atoms with E-state index >= 15 is 0 Å². The second-order valence-electron chi connectivity index (χ2n) is 3.20. The number of cyclic esters (lactones) is 1. The Bertz CT molecular complexity index is 285. The van der Waals surface area contributed by atoms with E-state index in [0.717, 1.165) is 29.7 Å². The van der Waals surface area contributed by atoms with Crippen LogP contribution in [0.2, 0.25) is 0 Å². The molecule has 0 aromatic carbocycles. The number of hydrogen-bond donors (Lipinski definition) is 0. The minimum Gasteiger partial charge on any atom is -0.422 e. The van der Waals surface area contributed by atoms with Crippen LogP contribution >= 0.6 is 0 Å². The van der Waals surface area contributed by atoms with Crippen LogP contribution in [0.15, 0.2) is 22.5 Å². The van der Waals surface area contributed by atoms with Crippen LogP contribution in [0.5, 0.6) is 0 Å². The van der Waals surface area contributed by atoms with Gasteiger partial charge in [0.1, 0.15) is 11.3 Å². The Kier molecular flexibility index (Phi) is 1.19. The molecule has 0 atom stereocenters. The van der Waals surface area contributed by atoms with Crippen molar-refractivity contribution in [3.05, 3.63) is 22.5 Å². The highest BCUT2D eigenvalue weighted by molar-refractivity contribution is 6.01. The Morgan fingerprint density at radius 3 is 2.36 bits per heavy atom. The van der Waals surface area contributed by atoms with Gasteiger partial charge in [0.2, 0.25) is 0 Å². The van der Waals surface area contributed by atoms with Crippen LogP contribution in [-0.2, 0) is 9.53 Å². The second kappa shape index (κ2) is 1.97. The highest BCUT2D eigenvalue weighted by atomic mass is 16.6. The average molecular weight is 150 g/mol. The molecule has 2 nitrogen and oxygen atoms in total. The van der Waals surface area contributed by atoms with Crippen molar-refractivity contribution >= 4 is 5.97 Å². The third-order valence-corrected chi connectivity index (χ3v) is 1.95. The summed E-state index contributed by atoms with van der Waals surface area (Å²) in [5.41, 5.74) is 3.19. The summed E-state index contributed by atoms with van der Waals surface area (Å²) in [5, 5.41) is 0. The van der Waals surface area contributed by atoms with E-state index < -0.39 is 0 Å². The van der Waals surface area contributed by atoms with Gasteiger partial charge in [-0.25, -0.2) is 4.79 Å². The first-order chi connectivity index (χ1) is 5.20. The summed E-state index contributed by atoms with van der Waals surface area (Å²) in [6.07, 6.45) is 2.22. The summed E-state index contributed by atoms with van der Waals surface area (Å²) in [5.74, 6) is 0.717. The lowest BCUT2D eigenvalue weighted by atomic mass is 10.0. The average Bonchev–Trinajstić information content (AvgIpc) is 2.62. The van der Waals surface area contributed by atoms with Crippen molar-refractivity contribution in [2.24, 2.45) is 0 Å². The number of ether oxygens (including phenoxy) is 1. The van der Waals surface area contributed by atoms with Gasteiger partial charge in [-0.05, 0) is 32.3 Å². The molecule has 1 heterocycles. The molecule has 0 unspecified atom stereocenters. The minimum atomic E-state index is -0.153. The number of rotatable bonds is 0. The molecule has 1 saturated heterocycles. The molecule has 0 spiro atoms. The molecule has 0 aromatic heterocycles. The highest BCUT2D eigenvalue weighted by Crippen LogP contribution is 2.41. The van der Waals surface area contributed by atoms with Crippen molar-refractivity contribution in [2.45, 2.75) is 26.7 Å². The number of hydrogen-bond acceptors (Lipinski definition) is 2. The minimum absolute atomic E-state index is 0.153. The van der Waals surface area contributed by atoms with Crippen molar-refractivity contribution in [1.82, 2.24) is 0 Å². The molecule has 0 aromatic rings. The molecule has 1 aliphatic carbocycles. The predicted molar refractivity (Wildman–Crippen MR) is 40.7 cm³/mol. The fourth-order valence-electron chi connectivity index (χ4n) is 1.21. The first-order valence-corrected chi connectivity index (χ1v) is 3.82. The molecule has 1 saturated carbocycles. The molecule has 2 rings (SSSR count). The van der Waals surface area contributed by atoms with Crippen molar-refractivity contribution in [3.63, 3.8) is 0 Å². The van der Waals surface area contributed by atoms with Gasteiger partial charge < -0.3 is 4.74 Å². The zero-order chi connectivity index (χ0) is 8.01. The van der Waals surface area contributed by atoms with Gasteiger partial charge in [-0.1, -0.05) is 5.57 Å². The van der Waals surface area contributed by atoms with Gasteiger partial charge in [-0.2, -0.15) is 0 Å². The number of esters is 1. The molecule has 0 bridgehead atoms. The Hall–Kier alpha value is -1.05. The maximum absolute atomic E-state index is 10.9. The Labute approximate surface area is 65.5 Å². The fourth-order valence-corrected chi connectivity index (χ4v) is 1.21. The van der Waals surface area contributed by atoms with E-state index in [-0.39, 0.29) is 5.97 Å². The summed E-state index contributed by atoms with van der Waals surface area (Å²) in [7, 11) is 0. The van der Waals surface area contributed by atoms with E-state index in [1.807, 2.05) is 13.8 Å². The molecule has 0 amide bonds. The molecule has 58 valence electrons. The Morgan fingerprint density at radius 2 is 2.00 bits per heavy atom. The van der Waals surface area contributed by atoms with Crippen LogP contribution < -0.4 is 0 Å². The molecular formula is C9H10O2. The molecule has 11 heavy (non-hydrogen) atoms. The van der Waals surface area contributed by atoms with Crippen LogP contribution in [0.1, 0.15) is 26.7 Å². The molecular weight excluding hydrogens is 140 g/mol. The molecule has 2 aliphatic rings. The SMILES string of the molecule is CC(C)=C1C(=O)OC1=C1CC1. The molecule has 2 fully saturated rings. The number of carbonyl (C=O) groups is 1. The van der Waals surface area contributed by atoms with Crippen LogP contribution in [-0.4, -0.2) is 5.97 Å². The van der Waals surface area contributed by atoms with Crippen molar-refractivity contribution in [1.29, 1.82) is 0 Å². The second-order valence-corrected chi connectivity index (χ2v) is 3.20. The Morgan fingerprint density at radius 1 is 1.36 bits per heavy atom. The summed E-state index contributed by atoms with van der Waals surface area (Å²) < 4.78 is 4.92. The van der Waals surface area contributed by atoms with E-state index in [1.165, 1.54) is 5.57 Å². The molecule has 0 radical (unpaired) electrons. The molecule has 2 heteroatoms. The quantitative estimate of drug-likeness (QED) is 0.389. The van der Waals surface area contributed by atoms with Gasteiger partial charge >= 0.3 is 5.97 Å². The first-order valence-electron chi connectivity index (χ1n) is 3.82. The lowest BCUT2D eigenvalue weighted by Gasteiger charge is -2.21. The monoisotopic (exact) mass is 150 g/mol. The van der Waals surface area contributed by atoms with Gasteiger partial charge in [0.05, 0.1) is 0 Å². The number of allylic oxidation sites excluding steroid dienone is 2. The van der Waals surface area contributed by atoms with Crippen LogP contribution in [0.25, 0.3) is 0 Å². The van der Waals surface area contributed by atoms with Crippen molar-refractivity contribution in [2.75, 3.05) is 0 Å². The fraction of sp³-hybridized carbons (Fsp3) is 0.444. The van der Waals surface area contributed by atoms with Gasteiger partial charge in [-0.3, -0.25) is 0 Å². The van der Waals surface area contributed by atoms with Crippen LogP contribution in [0.4, 0.5) is 0 Å². The van der Waals surface area contributed by atoms with E-state index in [1.54, 1.807) is 0 Å². The lowest BCUT2D eigenvalue weighted by molar-refractivity contribution is -0.141. The molecule has 1 aliphatic heterocycles.